The highest BCUT2D eigenvalue weighted by molar-refractivity contribution is 6.05. The van der Waals surface area contributed by atoms with E-state index in [1.165, 1.54) is 5.56 Å². The molecule has 0 aliphatic heterocycles. The molecule has 2 aromatic carbocycles. The van der Waals surface area contributed by atoms with Gasteiger partial charge in [0.2, 0.25) is 0 Å². The van der Waals surface area contributed by atoms with Gasteiger partial charge in [0, 0.05) is 11.3 Å². The zero-order valence-corrected chi connectivity index (χ0v) is 13.4. The number of hydrogen-bond acceptors (Lipinski definition) is 2. The van der Waals surface area contributed by atoms with E-state index in [0.29, 0.717) is 22.7 Å². The molecule has 0 radical (unpaired) electrons. The van der Waals surface area contributed by atoms with E-state index in [1.807, 2.05) is 37.3 Å². The lowest BCUT2D eigenvalue weighted by atomic mass is 10.0. The van der Waals surface area contributed by atoms with E-state index >= 15 is 0 Å². The van der Waals surface area contributed by atoms with E-state index in [1.54, 1.807) is 6.07 Å². The number of H-pyrrole nitrogens is 2. The highest BCUT2D eigenvalue weighted by Crippen LogP contribution is 2.21. The van der Waals surface area contributed by atoms with E-state index in [4.69, 9.17) is 0 Å². The predicted molar refractivity (Wildman–Crippen MR) is 92.1 cm³/mol. The van der Waals surface area contributed by atoms with Crippen molar-refractivity contribution >= 4 is 22.6 Å². The summed E-state index contributed by atoms with van der Waals surface area (Å²) in [6, 6.07) is 11.2. The standard InChI is InChI=1S/C18H19N3O2/c1-10(2)12-4-6-13(7-5-12)17(22)19-14-9-16-15(8-11(14)3)20-18(23)21-16/h4-10H,1-3H3,(H,19,22)(H2,20,21,23). The fourth-order valence-electron chi connectivity index (χ4n) is 2.54. The maximum absolute atomic E-state index is 12.4. The lowest BCUT2D eigenvalue weighted by Crippen LogP contribution is -2.12. The van der Waals surface area contributed by atoms with Gasteiger partial charge < -0.3 is 15.3 Å². The molecule has 5 heteroatoms. The van der Waals surface area contributed by atoms with E-state index in [-0.39, 0.29) is 11.6 Å². The van der Waals surface area contributed by atoms with Gasteiger partial charge in [-0.3, -0.25) is 4.79 Å². The fraction of sp³-hybridized carbons (Fsp3) is 0.222. The Balaban J connectivity index is 1.87. The molecule has 0 aliphatic rings. The Hall–Kier alpha value is -2.82. The van der Waals surface area contributed by atoms with E-state index in [2.05, 4.69) is 29.1 Å². The fourth-order valence-corrected chi connectivity index (χ4v) is 2.54. The molecule has 0 saturated carbocycles. The van der Waals surface area contributed by atoms with Crippen molar-refractivity contribution in [3.63, 3.8) is 0 Å². The van der Waals surface area contributed by atoms with Crippen LogP contribution in [0.25, 0.3) is 11.0 Å². The van der Waals surface area contributed by atoms with Gasteiger partial charge in [-0.2, -0.15) is 0 Å². The Morgan fingerprint density at radius 2 is 1.65 bits per heavy atom. The normalized spacial score (nSPS) is 11.1. The molecule has 3 rings (SSSR count). The van der Waals surface area contributed by atoms with Gasteiger partial charge in [0.1, 0.15) is 0 Å². The number of aromatic amines is 2. The number of carbonyl (C=O) groups excluding carboxylic acids is 1. The molecular formula is C18H19N3O2. The molecule has 1 aromatic heterocycles. The molecule has 3 N–H and O–H groups in total. The molecule has 5 nitrogen and oxygen atoms in total. The van der Waals surface area contributed by atoms with Crippen molar-refractivity contribution in [2.24, 2.45) is 0 Å². The summed E-state index contributed by atoms with van der Waals surface area (Å²) in [5.74, 6) is 0.266. The van der Waals surface area contributed by atoms with Gasteiger partial charge in [-0.1, -0.05) is 26.0 Å². The largest absolute Gasteiger partial charge is 0.323 e. The van der Waals surface area contributed by atoms with Gasteiger partial charge in [0.25, 0.3) is 5.91 Å². The molecule has 1 heterocycles. The molecule has 0 atom stereocenters. The average molecular weight is 309 g/mol. The van der Waals surface area contributed by atoms with Gasteiger partial charge in [-0.15, -0.1) is 0 Å². The minimum absolute atomic E-state index is 0.166. The maximum atomic E-state index is 12.4. The number of carbonyl (C=O) groups is 1. The van der Waals surface area contributed by atoms with Crippen LogP contribution in [0.5, 0.6) is 0 Å². The van der Waals surface area contributed by atoms with Crippen molar-refractivity contribution in [2.45, 2.75) is 26.7 Å². The molecule has 0 saturated heterocycles. The number of hydrogen-bond donors (Lipinski definition) is 3. The molecule has 0 bridgehead atoms. The highest BCUT2D eigenvalue weighted by atomic mass is 16.2. The molecule has 118 valence electrons. The molecule has 1 amide bonds. The van der Waals surface area contributed by atoms with Crippen LogP contribution in [-0.2, 0) is 0 Å². The van der Waals surface area contributed by atoms with Crippen LogP contribution in [0.1, 0.15) is 41.3 Å². The summed E-state index contributed by atoms with van der Waals surface area (Å²) in [5.41, 5.74) is 4.52. The minimum Gasteiger partial charge on any atom is -0.322 e. The molecule has 0 fully saturated rings. The Labute approximate surface area is 133 Å². The van der Waals surface area contributed by atoms with Crippen LogP contribution in [0.15, 0.2) is 41.2 Å². The van der Waals surface area contributed by atoms with Gasteiger partial charge in [0.15, 0.2) is 0 Å². The van der Waals surface area contributed by atoms with Gasteiger partial charge in [0.05, 0.1) is 11.0 Å². The summed E-state index contributed by atoms with van der Waals surface area (Å²) < 4.78 is 0. The summed E-state index contributed by atoms with van der Waals surface area (Å²) in [6.45, 7) is 6.12. The van der Waals surface area contributed by atoms with Crippen molar-refractivity contribution in [1.82, 2.24) is 9.97 Å². The van der Waals surface area contributed by atoms with Gasteiger partial charge in [-0.25, -0.2) is 4.79 Å². The first kappa shape index (κ1) is 15.1. The Kier molecular flexibility index (Phi) is 3.78. The summed E-state index contributed by atoms with van der Waals surface area (Å²) >= 11 is 0. The molecule has 0 spiro atoms. The monoisotopic (exact) mass is 309 g/mol. The third-order valence-electron chi connectivity index (χ3n) is 3.95. The number of amides is 1. The van der Waals surface area contributed by atoms with Crippen molar-refractivity contribution in [1.29, 1.82) is 0 Å². The van der Waals surface area contributed by atoms with E-state index in [9.17, 15) is 9.59 Å². The Morgan fingerprint density at radius 3 is 2.26 bits per heavy atom. The average Bonchev–Trinajstić information content (AvgIpc) is 2.86. The SMILES string of the molecule is Cc1cc2[nH]c(=O)[nH]c2cc1NC(=O)c1ccc(C(C)C)cc1. The summed E-state index contributed by atoms with van der Waals surface area (Å²) in [4.78, 5) is 29.1. The minimum atomic E-state index is -0.257. The smallest absolute Gasteiger partial charge is 0.322 e. The first-order valence-electron chi connectivity index (χ1n) is 7.58. The lowest BCUT2D eigenvalue weighted by Gasteiger charge is -2.10. The van der Waals surface area contributed by atoms with Crippen LogP contribution in [0.4, 0.5) is 5.69 Å². The number of fused-ring (bicyclic) bond motifs is 1. The van der Waals surface area contributed by atoms with E-state index in [0.717, 1.165) is 11.1 Å². The first-order valence-corrected chi connectivity index (χ1v) is 7.58. The summed E-state index contributed by atoms with van der Waals surface area (Å²) in [7, 11) is 0. The zero-order valence-electron chi connectivity index (χ0n) is 13.4. The second kappa shape index (κ2) is 5.76. The van der Waals surface area contributed by atoms with Crippen LogP contribution in [0.2, 0.25) is 0 Å². The third kappa shape index (κ3) is 3.04. The van der Waals surface area contributed by atoms with Crippen LogP contribution < -0.4 is 11.0 Å². The number of imidazole rings is 1. The number of nitrogens with one attached hydrogen (secondary N) is 3. The van der Waals surface area contributed by atoms with Crippen molar-refractivity contribution < 1.29 is 4.79 Å². The number of benzene rings is 2. The maximum Gasteiger partial charge on any atom is 0.323 e. The molecular weight excluding hydrogens is 290 g/mol. The number of anilines is 1. The zero-order chi connectivity index (χ0) is 16.6. The van der Waals surface area contributed by atoms with E-state index < -0.39 is 0 Å². The Bertz CT molecular complexity index is 918. The third-order valence-corrected chi connectivity index (χ3v) is 3.95. The van der Waals surface area contributed by atoms with Crippen molar-refractivity contribution in [3.8, 4) is 0 Å². The topological polar surface area (TPSA) is 77.8 Å². The second-order valence-electron chi connectivity index (χ2n) is 6.02. The molecule has 0 aliphatic carbocycles. The molecule has 0 unspecified atom stereocenters. The van der Waals surface area contributed by atoms with Crippen LogP contribution >= 0.6 is 0 Å². The van der Waals surface area contributed by atoms with Crippen LogP contribution in [0, 0.1) is 6.92 Å². The first-order chi connectivity index (χ1) is 10.9. The van der Waals surface area contributed by atoms with Gasteiger partial charge >= 0.3 is 5.69 Å². The number of rotatable bonds is 3. The summed E-state index contributed by atoms with van der Waals surface area (Å²) in [5, 5.41) is 2.90. The lowest BCUT2D eigenvalue weighted by molar-refractivity contribution is 0.102. The van der Waals surface area contributed by atoms with Crippen molar-refractivity contribution in [3.05, 3.63) is 63.6 Å². The summed E-state index contributed by atoms with van der Waals surface area (Å²) in [6.07, 6.45) is 0. The highest BCUT2D eigenvalue weighted by Gasteiger charge is 2.10. The quantitative estimate of drug-likeness (QED) is 0.692. The van der Waals surface area contributed by atoms with Crippen molar-refractivity contribution in [2.75, 3.05) is 5.32 Å². The molecule has 23 heavy (non-hydrogen) atoms. The Morgan fingerprint density at radius 1 is 1.04 bits per heavy atom. The second-order valence-corrected chi connectivity index (χ2v) is 6.02. The number of aromatic nitrogens is 2. The van der Waals surface area contributed by atoms with Crippen LogP contribution in [0.3, 0.4) is 0 Å². The van der Waals surface area contributed by atoms with Crippen LogP contribution in [-0.4, -0.2) is 15.9 Å². The van der Waals surface area contributed by atoms with Gasteiger partial charge in [-0.05, 0) is 48.2 Å². The molecule has 3 aromatic rings. The number of aryl methyl sites for hydroxylation is 1. The predicted octanol–water partition coefficient (Wildman–Crippen LogP) is 3.54.